The van der Waals surface area contributed by atoms with Gasteiger partial charge in [-0.2, -0.15) is 5.10 Å². The largest absolute Gasteiger partial charge is 0.395 e. The van der Waals surface area contributed by atoms with E-state index in [-0.39, 0.29) is 6.61 Å². The first-order valence-electron chi connectivity index (χ1n) is 4.14. The Morgan fingerprint density at radius 2 is 2.23 bits per heavy atom. The summed E-state index contributed by atoms with van der Waals surface area (Å²) < 4.78 is 1.62. The van der Waals surface area contributed by atoms with Crippen molar-refractivity contribution in [2.75, 3.05) is 31.2 Å². The van der Waals surface area contributed by atoms with Crippen molar-refractivity contribution in [1.82, 2.24) is 15.1 Å². The van der Waals surface area contributed by atoms with Crippen molar-refractivity contribution in [3.05, 3.63) is 6.20 Å². The van der Waals surface area contributed by atoms with Gasteiger partial charge in [0.2, 0.25) is 0 Å². The highest BCUT2D eigenvalue weighted by Crippen LogP contribution is 2.11. The average Bonchev–Trinajstić information content (AvgIpc) is 2.43. The average molecular weight is 185 g/mol. The summed E-state index contributed by atoms with van der Waals surface area (Å²) in [6.45, 7) is 2.09. The molecular weight excluding hydrogens is 170 g/mol. The lowest BCUT2D eigenvalue weighted by molar-refractivity contribution is 0.291. The predicted octanol–water partition coefficient (Wildman–Crippen LogP) is -1.37. The van der Waals surface area contributed by atoms with Gasteiger partial charge in [0.25, 0.3) is 0 Å². The molecule has 0 saturated heterocycles. The smallest absolute Gasteiger partial charge is 0.145 e. The van der Waals surface area contributed by atoms with Crippen molar-refractivity contribution >= 4 is 11.5 Å². The van der Waals surface area contributed by atoms with Crippen LogP contribution in [0.3, 0.4) is 0 Å². The van der Waals surface area contributed by atoms with Crippen LogP contribution in [0.2, 0.25) is 0 Å². The Balaban J connectivity index is 2.32. The van der Waals surface area contributed by atoms with Gasteiger partial charge in [-0.05, 0) is 0 Å². The van der Waals surface area contributed by atoms with Crippen molar-refractivity contribution in [3.8, 4) is 0 Å². The SMILES string of the molecule is Nc1cnn(CCNCCO)c1N. The second kappa shape index (κ2) is 4.68. The Bertz CT molecular complexity index is 259. The third-order valence-corrected chi connectivity index (χ3v) is 1.70. The number of hydrogen-bond donors (Lipinski definition) is 4. The standard InChI is InChI=1S/C7H15N5O/c8-6-5-11-12(7(6)9)3-1-10-2-4-13/h5,10,13H,1-4,8-9H2. The molecule has 0 amide bonds. The predicted molar refractivity (Wildman–Crippen MR) is 51.0 cm³/mol. The second-order valence-corrected chi connectivity index (χ2v) is 2.68. The van der Waals surface area contributed by atoms with E-state index >= 15 is 0 Å². The minimum Gasteiger partial charge on any atom is -0.395 e. The van der Waals surface area contributed by atoms with Gasteiger partial charge in [-0.3, -0.25) is 0 Å². The highest BCUT2D eigenvalue weighted by Gasteiger charge is 2.01. The maximum absolute atomic E-state index is 8.49. The molecule has 0 aliphatic carbocycles. The Kier molecular flexibility index (Phi) is 3.53. The molecule has 6 nitrogen and oxygen atoms in total. The van der Waals surface area contributed by atoms with E-state index in [1.54, 1.807) is 4.68 Å². The highest BCUT2D eigenvalue weighted by molar-refractivity contribution is 5.56. The Morgan fingerprint density at radius 3 is 2.77 bits per heavy atom. The van der Waals surface area contributed by atoms with Crippen LogP contribution in [0.15, 0.2) is 6.20 Å². The fraction of sp³-hybridized carbons (Fsp3) is 0.571. The summed E-state index contributed by atoms with van der Waals surface area (Å²) in [4.78, 5) is 0. The molecule has 0 aliphatic rings. The van der Waals surface area contributed by atoms with Crippen LogP contribution >= 0.6 is 0 Å². The molecule has 0 spiro atoms. The zero-order chi connectivity index (χ0) is 9.68. The number of nitrogen functional groups attached to an aromatic ring is 2. The molecular formula is C7H15N5O. The van der Waals surface area contributed by atoms with Gasteiger partial charge < -0.3 is 21.9 Å². The third kappa shape index (κ3) is 2.60. The number of nitrogens with zero attached hydrogens (tertiary/aromatic N) is 2. The lowest BCUT2D eigenvalue weighted by Crippen LogP contribution is -2.24. The molecule has 13 heavy (non-hydrogen) atoms. The molecule has 0 unspecified atom stereocenters. The van der Waals surface area contributed by atoms with Crippen LogP contribution in [0.1, 0.15) is 0 Å². The molecule has 0 saturated carbocycles. The normalized spacial score (nSPS) is 10.5. The molecule has 1 rings (SSSR count). The molecule has 0 fully saturated rings. The number of hydrogen-bond acceptors (Lipinski definition) is 5. The summed E-state index contributed by atoms with van der Waals surface area (Å²) in [6, 6.07) is 0. The van der Waals surface area contributed by atoms with Crippen molar-refractivity contribution in [3.63, 3.8) is 0 Å². The maximum Gasteiger partial charge on any atom is 0.145 e. The number of rotatable bonds is 5. The second-order valence-electron chi connectivity index (χ2n) is 2.68. The van der Waals surface area contributed by atoms with Gasteiger partial charge in [-0.1, -0.05) is 0 Å². The highest BCUT2D eigenvalue weighted by atomic mass is 16.3. The van der Waals surface area contributed by atoms with Gasteiger partial charge in [0.05, 0.1) is 25.0 Å². The van der Waals surface area contributed by atoms with E-state index in [0.717, 1.165) is 0 Å². The molecule has 6 N–H and O–H groups in total. The van der Waals surface area contributed by atoms with Gasteiger partial charge >= 0.3 is 0 Å². The maximum atomic E-state index is 8.49. The van der Waals surface area contributed by atoms with E-state index in [9.17, 15) is 0 Å². The molecule has 74 valence electrons. The molecule has 0 aliphatic heterocycles. The van der Waals surface area contributed by atoms with Crippen LogP contribution in [-0.4, -0.2) is 34.6 Å². The first kappa shape index (κ1) is 9.82. The Hall–Kier alpha value is -1.27. The van der Waals surface area contributed by atoms with E-state index in [0.29, 0.717) is 31.1 Å². The molecule has 0 aromatic carbocycles. The van der Waals surface area contributed by atoms with Crippen LogP contribution in [0.4, 0.5) is 11.5 Å². The number of aliphatic hydroxyl groups is 1. The van der Waals surface area contributed by atoms with E-state index in [1.165, 1.54) is 6.20 Å². The monoisotopic (exact) mass is 185 g/mol. The first-order chi connectivity index (χ1) is 6.25. The molecule has 0 atom stereocenters. The van der Waals surface area contributed by atoms with E-state index in [4.69, 9.17) is 16.6 Å². The van der Waals surface area contributed by atoms with Crippen molar-refractivity contribution in [2.45, 2.75) is 6.54 Å². The summed E-state index contributed by atoms with van der Waals surface area (Å²) in [5, 5.41) is 15.5. The summed E-state index contributed by atoms with van der Waals surface area (Å²) in [5.74, 6) is 0.491. The van der Waals surface area contributed by atoms with Crippen molar-refractivity contribution in [2.24, 2.45) is 0 Å². The van der Waals surface area contributed by atoms with Gasteiger partial charge in [0, 0.05) is 13.1 Å². The lowest BCUT2D eigenvalue weighted by atomic mass is 10.5. The quantitative estimate of drug-likeness (QED) is 0.424. The number of aromatic nitrogens is 2. The fourth-order valence-corrected chi connectivity index (χ4v) is 0.976. The van der Waals surface area contributed by atoms with Crippen molar-refractivity contribution in [1.29, 1.82) is 0 Å². The number of nitrogens with one attached hydrogen (secondary N) is 1. The van der Waals surface area contributed by atoms with Gasteiger partial charge in [0.1, 0.15) is 5.82 Å². The third-order valence-electron chi connectivity index (χ3n) is 1.70. The van der Waals surface area contributed by atoms with Gasteiger partial charge in [-0.25, -0.2) is 4.68 Å². The van der Waals surface area contributed by atoms with Crippen LogP contribution in [0, 0.1) is 0 Å². The van der Waals surface area contributed by atoms with E-state index in [1.807, 2.05) is 0 Å². The molecule has 0 radical (unpaired) electrons. The minimum atomic E-state index is 0.136. The summed E-state index contributed by atoms with van der Waals surface area (Å²) in [5.41, 5.74) is 11.6. The first-order valence-corrected chi connectivity index (χ1v) is 4.14. The molecule has 1 heterocycles. The van der Waals surface area contributed by atoms with Crippen LogP contribution in [0.25, 0.3) is 0 Å². The summed E-state index contributed by atoms with van der Waals surface area (Å²) in [6.07, 6.45) is 1.53. The summed E-state index contributed by atoms with van der Waals surface area (Å²) >= 11 is 0. The van der Waals surface area contributed by atoms with Crippen LogP contribution in [0.5, 0.6) is 0 Å². The molecule has 6 heteroatoms. The lowest BCUT2D eigenvalue weighted by Gasteiger charge is -2.04. The molecule has 1 aromatic heterocycles. The fourth-order valence-electron chi connectivity index (χ4n) is 0.976. The molecule has 0 bridgehead atoms. The number of aliphatic hydroxyl groups excluding tert-OH is 1. The number of nitrogens with two attached hydrogens (primary N) is 2. The number of anilines is 2. The zero-order valence-corrected chi connectivity index (χ0v) is 7.40. The van der Waals surface area contributed by atoms with E-state index < -0.39 is 0 Å². The Labute approximate surface area is 76.5 Å². The van der Waals surface area contributed by atoms with Gasteiger partial charge in [-0.15, -0.1) is 0 Å². The molecule has 1 aromatic rings. The van der Waals surface area contributed by atoms with Crippen molar-refractivity contribution < 1.29 is 5.11 Å². The minimum absolute atomic E-state index is 0.136. The van der Waals surface area contributed by atoms with E-state index in [2.05, 4.69) is 10.4 Å². The Morgan fingerprint density at radius 1 is 1.46 bits per heavy atom. The zero-order valence-electron chi connectivity index (χ0n) is 7.40. The summed E-state index contributed by atoms with van der Waals surface area (Å²) in [7, 11) is 0. The topological polar surface area (TPSA) is 102 Å². The van der Waals surface area contributed by atoms with Gasteiger partial charge in [0.15, 0.2) is 0 Å². The van der Waals surface area contributed by atoms with Crippen LogP contribution in [-0.2, 0) is 6.54 Å². The van der Waals surface area contributed by atoms with Crippen LogP contribution < -0.4 is 16.8 Å².